The van der Waals surface area contributed by atoms with E-state index < -0.39 is 5.97 Å². The SMILES string of the molecule is O=C(O)CC[C@@H]1CCCN(C(=O)[C@H]2CCCO2)C1. The highest BCUT2D eigenvalue weighted by Crippen LogP contribution is 2.23. The third-order valence-electron chi connectivity index (χ3n) is 3.80. The van der Waals surface area contributed by atoms with Gasteiger partial charge >= 0.3 is 5.97 Å². The number of likely N-dealkylation sites (tertiary alicyclic amines) is 1. The van der Waals surface area contributed by atoms with Crippen molar-refractivity contribution in [1.29, 1.82) is 0 Å². The summed E-state index contributed by atoms with van der Waals surface area (Å²) < 4.78 is 5.42. The molecule has 2 fully saturated rings. The molecule has 0 aliphatic carbocycles. The van der Waals surface area contributed by atoms with Crippen LogP contribution in [0.25, 0.3) is 0 Å². The van der Waals surface area contributed by atoms with E-state index in [0.717, 1.165) is 32.2 Å². The molecule has 5 heteroatoms. The number of hydrogen-bond acceptors (Lipinski definition) is 3. The fourth-order valence-electron chi connectivity index (χ4n) is 2.80. The lowest BCUT2D eigenvalue weighted by atomic mass is 9.93. The molecule has 2 rings (SSSR count). The number of amides is 1. The van der Waals surface area contributed by atoms with E-state index >= 15 is 0 Å². The van der Waals surface area contributed by atoms with E-state index in [1.165, 1.54) is 0 Å². The van der Waals surface area contributed by atoms with Crippen molar-refractivity contribution in [3.05, 3.63) is 0 Å². The summed E-state index contributed by atoms with van der Waals surface area (Å²) in [5, 5.41) is 8.69. The van der Waals surface area contributed by atoms with Crippen molar-refractivity contribution in [2.45, 2.75) is 44.6 Å². The van der Waals surface area contributed by atoms with E-state index in [4.69, 9.17) is 9.84 Å². The van der Waals surface area contributed by atoms with Crippen LogP contribution < -0.4 is 0 Å². The molecule has 0 radical (unpaired) electrons. The van der Waals surface area contributed by atoms with E-state index in [2.05, 4.69) is 0 Å². The lowest BCUT2D eigenvalue weighted by molar-refractivity contribution is -0.142. The number of ether oxygens (including phenoxy) is 1. The second kappa shape index (κ2) is 6.18. The first-order valence-electron chi connectivity index (χ1n) is 6.79. The molecular weight excluding hydrogens is 234 g/mol. The first kappa shape index (κ1) is 13.3. The highest BCUT2D eigenvalue weighted by Gasteiger charge is 2.31. The minimum Gasteiger partial charge on any atom is -0.481 e. The minimum absolute atomic E-state index is 0.104. The molecule has 1 N–H and O–H groups in total. The topological polar surface area (TPSA) is 66.8 Å². The van der Waals surface area contributed by atoms with E-state index in [9.17, 15) is 9.59 Å². The van der Waals surface area contributed by atoms with Gasteiger partial charge in [0.1, 0.15) is 6.10 Å². The van der Waals surface area contributed by atoms with Crippen molar-refractivity contribution >= 4 is 11.9 Å². The van der Waals surface area contributed by atoms with Crippen molar-refractivity contribution in [2.24, 2.45) is 5.92 Å². The minimum atomic E-state index is -0.752. The molecule has 0 unspecified atom stereocenters. The van der Waals surface area contributed by atoms with E-state index in [1.54, 1.807) is 0 Å². The predicted molar refractivity (Wildman–Crippen MR) is 65.1 cm³/mol. The Kier molecular flexibility index (Phi) is 4.58. The zero-order valence-electron chi connectivity index (χ0n) is 10.6. The Morgan fingerprint density at radius 3 is 2.78 bits per heavy atom. The van der Waals surface area contributed by atoms with Gasteiger partial charge in [0.25, 0.3) is 5.91 Å². The van der Waals surface area contributed by atoms with Crippen molar-refractivity contribution < 1.29 is 19.4 Å². The van der Waals surface area contributed by atoms with Gasteiger partial charge in [-0.15, -0.1) is 0 Å². The first-order chi connectivity index (χ1) is 8.66. The largest absolute Gasteiger partial charge is 0.481 e. The van der Waals surface area contributed by atoms with Crippen LogP contribution in [-0.2, 0) is 14.3 Å². The second-order valence-electron chi connectivity index (χ2n) is 5.23. The van der Waals surface area contributed by atoms with Gasteiger partial charge in [0, 0.05) is 26.1 Å². The number of nitrogens with zero attached hydrogens (tertiary/aromatic N) is 1. The summed E-state index contributed by atoms with van der Waals surface area (Å²) in [6.45, 7) is 2.18. The molecular formula is C13H21NO4. The van der Waals surface area contributed by atoms with Gasteiger partial charge in [-0.2, -0.15) is 0 Å². The van der Waals surface area contributed by atoms with Crippen LogP contribution in [-0.4, -0.2) is 47.7 Å². The smallest absolute Gasteiger partial charge is 0.303 e. The molecule has 0 spiro atoms. The molecule has 2 atom stereocenters. The highest BCUT2D eigenvalue weighted by molar-refractivity contribution is 5.81. The first-order valence-corrected chi connectivity index (χ1v) is 6.79. The maximum atomic E-state index is 12.2. The average molecular weight is 255 g/mol. The van der Waals surface area contributed by atoms with Gasteiger partial charge in [-0.1, -0.05) is 0 Å². The lowest BCUT2D eigenvalue weighted by Crippen LogP contribution is -2.44. The van der Waals surface area contributed by atoms with Crippen molar-refractivity contribution in [3.63, 3.8) is 0 Å². The third kappa shape index (κ3) is 3.45. The van der Waals surface area contributed by atoms with Crippen molar-refractivity contribution in [1.82, 2.24) is 4.90 Å². The van der Waals surface area contributed by atoms with Crippen LogP contribution in [0.15, 0.2) is 0 Å². The van der Waals surface area contributed by atoms with Crippen LogP contribution >= 0.6 is 0 Å². The van der Waals surface area contributed by atoms with Gasteiger partial charge in [-0.3, -0.25) is 9.59 Å². The van der Waals surface area contributed by atoms with Gasteiger partial charge in [0.15, 0.2) is 0 Å². The van der Waals surface area contributed by atoms with Gasteiger partial charge in [0.05, 0.1) is 0 Å². The summed E-state index contributed by atoms with van der Waals surface area (Å²) in [7, 11) is 0. The quantitative estimate of drug-likeness (QED) is 0.821. The predicted octanol–water partition coefficient (Wildman–Crippen LogP) is 1.27. The molecule has 18 heavy (non-hydrogen) atoms. The van der Waals surface area contributed by atoms with E-state index in [0.29, 0.717) is 25.5 Å². The van der Waals surface area contributed by atoms with Gasteiger partial charge in [-0.05, 0) is 38.0 Å². The van der Waals surface area contributed by atoms with Gasteiger partial charge in [-0.25, -0.2) is 0 Å². The van der Waals surface area contributed by atoms with Crippen LogP contribution in [0.1, 0.15) is 38.5 Å². The Labute approximate surface area is 107 Å². The molecule has 2 aliphatic heterocycles. The average Bonchev–Trinajstić information content (AvgIpc) is 2.89. The zero-order chi connectivity index (χ0) is 13.0. The number of carbonyl (C=O) groups is 2. The molecule has 0 aromatic rings. The molecule has 0 saturated carbocycles. The molecule has 102 valence electrons. The number of piperidine rings is 1. The molecule has 0 aromatic heterocycles. The highest BCUT2D eigenvalue weighted by atomic mass is 16.5. The summed E-state index contributed by atoms with van der Waals surface area (Å²) in [5.41, 5.74) is 0. The van der Waals surface area contributed by atoms with Crippen LogP contribution in [0.5, 0.6) is 0 Å². The Hall–Kier alpha value is -1.10. The molecule has 2 aliphatic rings. The molecule has 0 aromatic carbocycles. The van der Waals surface area contributed by atoms with Crippen LogP contribution in [0.2, 0.25) is 0 Å². The standard InChI is InChI=1S/C13H21NO4/c15-12(16)6-5-10-3-1-7-14(9-10)13(17)11-4-2-8-18-11/h10-11H,1-9H2,(H,15,16)/t10-,11+/m0/s1. The van der Waals surface area contributed by atoms with Crippen LogP contribution in [0.3, 0.4) is 0 Å². The summed E-state index contributed by atoms with van der Waals surface area (Å²) in [6.07, 6.45) is 4.42. The fourth-order valence-corrected chi connectivity index (χ4v) is 2.80. The number of hydrogen-bond donors (Lipinski definition) is 1. The van der Waals surface area contributed by atoms with Crippen LogP contribution in [0, 0.1) is 5.92 Å². The second-order valence-corrected chi connectivity index (χ2v) is 5.23. The Balaban J connectivity index is 1.81. The molecule has 2 saturated heterocycles. The molecule has 5 nitrogen and oxygen atoms in total. The normalized spacial score (nSPS) is 28.3. The van der Waals surface area contributed by atoms with Gasteiger partial charge < -0.3 is 14.7 Å². The number of carboxylic acids is 1. The Bertz CT molecular complexity index is 312. The maximum Gasteiger partial charge on any atom is 0.303 e. The summed E-state index contributed by atoms with van der Waals surface area (Å²) in [4.78, 5) is 24.6. The maximum absolute atomic E-state index is 12.2. The van der Waals surface area contributed by atoms with Crippen molar-refractivity contribution in [3.8, 4) is 0 Å². The zero-order valence-corrected chi connectivity index (χ0v) is 10.6. The van der Waals surface area contributed by atoms with E-state index in [-0.39, 0.29) is 18.4 Å². The summed E-state index contributed by atoms with van der Waals surface area (Å²) in [6, 6.07) is 0. The third-order valence-corrected chi connectivity index (χ3v) is 3.80. The Morgan fingerprint density at radius 2 is 2.11 bits per heavy atom. The summed E-state index contributed by atoms with van der Waals surface area (Å²) in [5.74, 6) is -0.315. The number of carboxylic acid groups (broad SMARTS) is 1. The molecule has 2 heterocycles. The number of rotatable bonds is 4. The van der Waals surface area contributed by atoms with Gasteiger partial charge in [0.2, 0.25) is 0 Å². The van der Waals surface area contributed by atoms with Crippen LogP contribution in [0.4, 0.5) is 0 Å². The fraction of sp³-hybridized carbons (Fsp3) is 0.846. The lowest BCUT2D eigenvalue weighted by Gasteiger charge is -2.34. The molecule has 1 amide bonds. The summed E-state index contributed by atoms with van der Waals surface area (Å²) >= 11 is 0. The van der Waals surface area contributed by atoms with E-state index in [1.807, 2.05) is 4.90 Å². The van der Waals surface area contributed by atoms with Crippen molar-refractivity contribution in [2.75, 3.05) is 19.7 Å². The number of carbonyl (C=O) groups excluding carboxylic acids is 1. The monoisotopic (exact) mass is 255 g/mol. The Morgan fingerprint density at radius 1 is 1.28 bits per heavy atom. The number of aliphatic carboxylic acids is 1. The molecule has 0 bridgehead atoms.